The number of carbonyl (C=O) groups excluding carboxylic acids is 4. The number of aromatic nitrogens is 2. The van der Waals surface area contributed by atoms with Gasteiger partial charge in [0.15, 0.2) is 0 Å². The third-order valence-electron chi connectivity index (χ3n) is 9.60. The van der Waals surface area contributed by atoms with Gasteiger partial charge in [0.05, 0.1) is 11.7 Å². The third-order valence-corrected chi connectivity index (χ3v) is 9.60. The topological polar surface area (TPSA) is 154 Å². The molecule has 3 aromatic carbocycles. The molecule has 1 heterocycles. The van der Waals surface area contributed by atoms with E-state index < -0.39 is 17.7 Å². The number of nitrogens with one attached hydrogen (secondary N) is 5. The van der Waals surface area contributed by atoms with Gasteiger partial charge in [-0.1, -0.05) is 30.3 Å². The van der Waals surface area contributed by atoms with E-state index in [1.807, 2.05) is 88.4 Å². The molecule has 1 unspecified atom stereocenters. The molecule has 0 bridgehead atoms. The summed E-state index contributed by atoms with van der Waals surface area (Å²) in [5.41, 5.74) is 5.43. The molecule has 4 aromatic rings. The van der Waals surface area contributed by atoms with E-state index in [1.165, 1.54) is 0 Å². The Balaban J connectivity index is 1.10. The summed E-state index contributed by atoms with van der Waals surface area (Å²) in [6.45, 7) is 7.99. The lowest BCUT2D eigenvalue weighted by atomic mass is 9.81. The van der Waals surface area contributed by atoms with Crippen LogP contribution in [0.2, 0.25) is 0 Å². The van der Waals surface area contributed by atoms with Crippen molar-refractivity contribution in [2.75, 3.05) is 11.9 Å². The zero-order chi connectivity index (χ0) is 36.1. The van der Waals surface area contributed by atoms with Crippen LogP contribution in [0.5, 0.6) is 0 Å². The van der Waals surface area contributed by atoms with Crippen LogP contribution in [-0.4, -0.2) is 58.2 Å². The smallest absolute Gasteiger partial charge is 0.407 e. The second-order valence-electron chi connectivity index (χ2n) is 15.0. The lowest BCUT2D eigenvalue weighted by Crippen LogP contribution is -2.48. The minimum atomic E-state index is -0.807. The molecule has 5 N–H and O–H groups in total. The third kappa shape index (κ3) is 9.74. The molecule has 4 amide bonds. The van der Waals surface area contributed by atoms with Crippen LogP contribution in [0, 0.1) is 18.8 Å². The summed E-state index contributed by atoms with van der Waals surface area (Å²) >= 11 is 0. The number of amides is 4. The van der Waals surface area contributed by atoms with Crippen molar-refractivity contribution < 1.29 is 23.9 Å². The van der Waals surface area contributed by atoms with Crippen LogP contribution in [-0.2, 0) is 20.7 Å². The average molecular weight is 693 g/mol. The van der Waals surface area contributed by atoms with E-state index in [0.29, 0.717) is 43.1 Å². The Labute approximate surface area is 298 Å². The van der Waals surface area contributed by atoms with Crippen molar-refractivity contribution >= 4 is 40.4 Å². The van der Waals surface area contributed by atoms with Gasteiger partial charge in [0, 0.05) is 41.6 Å². The molecular weight excluding hydrogens is 644 g/mol. The molecule has 1 atom stereocenters. The first-order chi connectivity index (χ1) is 24.4. The number of H-pyrrole nitrogens is 1. The first-order valence-electron chi connectivity index (χ1n) is 17.9. The minimum absolute atomic E-state index is 0.0402. The van der Waals surface area contributed by atoms with E-state index in [-0.39, 0.29) is 29.6 Å². The fourth-order valence-electron chi connectivity index (χ4n) is 6.59. The summed E-state index contributed by atoms with van der Waals surface area (Å²) in [6.07, 6.45) is 6.61. The van der Waals surface area contributed by atoms with Gasteiger partial charge in [-0.15, -0.1) is 0 Å². The molecular formula is C40H48N6O5. The summed E-state index contributed by atoms with van der Waals surface area (Å²) in [7, 11) is 0. The Bertz CT molecular complexity index is 1880. The average Bonchev–Trinajstić information content (AvgIpc) is 3.79. The fraction of sp³-hybridized carbons (Fsp3) is 0.425. The van der Waals surface area contributed by atoms with Gasteiger partial charge in [0.2, 0.25) is 11.8 Å². The van der Waals surface area contributed by atoms with E-state index in [0.717, 1.165) is 58.8 Å². The van der Waals surface area contributed by atoms with Gasteiger partial charge in [-0.3, -0.25) is 19.5 Å². The van der Waals surface area contributed by atoms with Crippen LogP contribution in [0.3, 0.4) is 0 Å². The number of hydrogen-bond donors (Lipinski definition) is 5. The normalized spacial score (nSPS) is 18.0. The van der Waals surface area contributed by atoms with E-state index in [9.17, 15) is 19.2 Å². The van der Waals surface area contributed by atoms with Gasteiger partial charge in [-0.25, -0.2) is 4.79 Å². The van der Waals surface area contributed by atoms with Crippen molar-refractivity contribution in [1.29, 1.82) is 0 Å². The lowest BCUT2D eigenvalue weighted by Gasteiger charge is -2.29. The molecule has 2 aliphatic carbocycles. The maximum atomic E-state index is 13.8. The summed E-state index contributed by atoms with van der Waals surface area (Å²) in [4.78, 5) is 52.0. The van der Waals surface area contributed by atoms with Crippen LogP contribution >= 0.6 is 0 Å². The van der Waals surface area contributed by atoms with Gasteiger partial charge in [-0.05, 0) is 125 Å². The van der Waals surface area contributed by atoms with Crippen molar-refractivity contribution in [3.05, 3.63) is 83.6 Å². The molecule has 1 aromatic heterocycles. The number of ether oxygens (including phenoxy) is 1. The molecule has 2 aliphatic rings. The molecule has 11 nitrogen and oxygen atoms in total. The van der Waals surface area contributed by atoms with Gasteiger partial charge in [-0.2, -0.15) is 5.10 Å². The Morgan fingerprint density at radius 2 is 1.67 bits per heavy atom. The monoisotopic (exact) mass is 692 g/mol. The van der Waals surface area contributed by atoms with E-state index >= 15 is 0 Å². The number of carbonyl (C=O) groups is 4. The van der Waals surface area contributed by atoms with Crippen LogP contribution in [0.25, 0.3) is 22.0 Å². The first-order valence-corrected chi connectivity index (χ1v) is 17.9. The number of aryl methyl sites for hydroxylation is 1. The molecule has 2 fully saturated rings. The molecule has 0 aliphatic heterocycles. The molecule has 268 valence electrons. The van der Waals surface area contributed by atoms with Gasteiger partial charge < -0.3 is 26.0 Å². The number of hydrogen-bond acceptors (Lipinski definition) is 6. The van der Waals surface area contributed by atoms with Crippen molar-refractivity contribution in [3.8, 4) is 11.1 Å². The van der Waals surface area contributed by atoms with Gasteiger partial charge in [0.25, 0.3) is 5.91 Å². The quantitative estimate of drug-likeness (QED) is 0.122. The fourth-order valence-corrected chi connectivity index (χ4v) is 6.59. The zero-order valence-corrected chi connectivity index (χ0v) is 29.8. The van der Waals surface area contributed by atoms with Crippen molar-refractivity contribution in [2.45, 2.75) is 90.3 Å². The van der Waals surface area contributed by atoms with Crippen LogP contribution in [0.15, 0.2) is 66.9 Å². The number of aromatic amines is 1. The summed E-state index contributed by atoms with van der Waals surface area (Å²) in [5, 5.41) is 19.9. The van der Waals surface area contributed by atoms with Gasteiger partial charge >= 0.3 is 6.09 Å². The first kappa shape index (κ1) is 35.6. The zero-order valence-electron chi connectivity index (χ0n) is 29.8. The number of anilines is 1. The molecule has 11 heteroatoms. The summed E-state index contributed by atoms with van der Waals surface area (Å²) < 4.78 is 5.35. The predicted molar refractivity (Wildman–Crippen MR) is 197 cm³/mol. The Morgan fingerprint density at radius 1 is 0.922 bits per heavy atom. The summed E-state index contributed by atoms with van der Waals surface area (Å²) in [6, 6.07) is 18.7. The molecule has 2 saturated carbocycles. The molecule has 51 heavy (non-hydrogen) atoms. The highest BCUT2D eigenvalue weighted by molar-refractivity contribution is 5.99. The predicted octanol–water partition coefficient (Wildman–Crippen LogP) is 6.43. The SMILES string of the molecule is Cc1cc(C(=O)NC2CC2)ccc1-c1ccc(CC(NC(=O)C2CCC(CNC(=O)OC(C)(C)C)CC2)C(=O)Nc2ccc3cn[nH]c3c2)cc1. The number of alkyl carbamates (subject to hydrolysis) is 1. The molecule has 6 rings (SSSR count). The molecule has 0 radical (unpaired) electrons. The van der Waals surface area contributed by atoms with E-state index in [2.05, 4.69) is 31.5 Å². The second kappa shape index (κ2) is 15.4. The van der Waals surface area contributed by atoms with Crippen molar-refractivity contribution in [2.24, 2.45) is 11.8 Å². The number of nitrogens with zero attached hydrogens (tertiary/aromatic N) is 1. The number of rotatable bonds is 11. The Hall–Kier alpha value is -5.19. The Morgan fingerprint density at radius 3 is 2.35 bits per heavy atom. The highest BCUT2D eigenvalue weighted by atomic mass is 16.6. The second-order valence-corrected chi connectivity index (χ2v) is 15.0. The molecule has 0 saturated heterocycles. The minimum Gasteiger partial charge on any atom is -0.444 e. The Kier molecular flexibility index (Phi) is 10.7. The lowest BCUT2D eigenvalue weighted by molar-refractivity contribution is -0.130. The standard InChI is InChI=1S/C40H48N6O5/c1-24-19-29(37(48)43-31-16-17-31)14-18-33(24)27-9-5-25(6-10-27)20-35(38(49)44-32-15-13-30-23-42-46-34(30)21-32)45-36(47)28-11-7-26(8-12-28)22-41-39(50)51-40(2,3)4/h5-6,9-10,13-15,18-19,21,23,26,28,31,35H,7-8,11-12,16-17,20,22H2,1-4H3,(H,41,50)(H,42,46)(H,43,48)(H,44,49)(H,45,47). The highest BCUT2D eigenvalue weighted by Crippen LogP contribution is 2.30. The largest absolute Gasteiger partial charge is 0.444 e. The van der Waals surface area contributed by atoms with Crippen molar-refractivity contribution in [1.82, 2.24) is 26.1 Å². The van der Waals surface area contributed by atoms with Crippen LogP contribution < -0.4 is 21.3 Å². The van der Waals surface area contributed by atoms with Crippen LogP contribution in [0.1, 0.15) is 80.8 Å². The maximum absolute atomic E-state index is 13.8. The summed E-state index contributed by atoms with van der Waals surface area (Å²) in [5.74, 6) is -0.453. The number of benzene rings is 3. The number of fused-ring (bicyclic) bond motifs is 1. The highest BCUT2D eigenvalue weighted by Gasteiger charge is 2.30. The maximum Gasteiger partial charge on any atom is 0.407 e. The van der Waals surface area contributed by atoms with Crippen LogP contribution in [0.4, 0.5) is 10.5 Å². The molecule has 0 spiro atoms. The van der Waals surface area contributed by atoms with Crippen molar-refractivity contribution in [3.63, 3.8) is 0 Å². The van der Waals surface area contributed by atoms with Gasteiger partial charge in [0.1, 0.15) is 11.6 Å². The van der Waals surface area contributed by atoms with E-state index in [4.69, 9.17) is 4.74 Å². The van der Waals surface area contributed by atoms with E-state index in [1.54, 1.807) is 6.20 Å².